The van der Waals surface area contributed by atoms with Gasteiger partial charge in [0, 0.05) is 18.2 Å². The van der Waals surface area contributed by atoms with Gasteiger partial charge in [-0.05, 0) is 35.9 Å². The van der Waals surface area contributed by atoms with Crippen LogP contribution in [0.25, 0.3) is 17.4 Å². The van der Waals surface area contributed by atoms with Gasteiger partial charge in [-0.3, -0.25) is 4.79 Å². The summed E-state index contributed by atoms with van der Waals surface area (Å²) in [5, 5.41) is 3.46. The number of carbonyl (C=O) groups is 1. The number of furan rings is 1. The third-order valence-electron chi connectivity index (χ3n) is 3.47. The van der Waals surface area contributed by atoms with Crippen molar-refractivity contribution in [1.82, 2.24) is 5.32 Å². The molecule has 1 aromatic heterocycles. The SMILES string of the molecule is O=C(/C=C/c1ccc(-c2ccccc2Cl)o1)NCc1ccccc1. The van der Waals surface area contributed by atoms with Crippen LogP contribution in [-0.4, -0.2) is 5.91 Å². The molecule has 0 aliphatic heterocycles. The highest BCUT2D eigenvalue weighted by atomic mass is 35.5. The second-order valence-electron chi connectivity index (χ2n) is 5.22. The molecular formula is C20H16ClNO2. The minimum absolute atomic E-state index is 0.172. The van der Waals surface area contributed by atoms with E-state index in [1.807, 2.05) is 60.7 Å². The van der Waals surface area contributed by atoms with Gasteiger partial charge in [0.25, 0.3) is 0 Å². The lowest BCUT2D eigenvalue weighted by Crippen LogP contribution is -2.20. The van der Waals surface area contributed by atoms with E-state index >= 15 is 0 Å². The Labute approximate surface area is 145 Å². The summed E-state index contributed by atoms with van der Waals surface area (Å²) in [5.41, 5.74) is 1.88. The summed E-state index contributed by atoms with van der Waals surface area (Å²) in [5.74, 6) is 1.10. The molecule has 120 valence electrons. The molecule has 0 bridgehead atoms. The van der Waals surface area contributed by atoms with Gasteiger partial charge in [0.2, 0.25) is 5.91 Å². The molecule has 3 rings (SSSR count). The van der Waals surface area contributed by atoms with Gasteiger partial charge in [0.15, 0.2) is 0 Å². The average Bonchev–Trinajstić information content (AvgIpc) is 3.08. The maximum absolute atomic E-state index is 11.9. The van der Waals surface area contributed by atoms with Crippen molar-refractivity contribution in [1.29, 1.82) is 0 Å². The summed E-state index contributed by atoms with van der Waals surface area (Å²) in [6.07, 6.45) is 3.10. The number of halogens is 1. The fourth-order valence-electron chi connectivity index (χ4n) is 2.25. The molecule has 4 heteroatoms. The zero-order valence-corrected chi connectivity index (χ0v) is 13.7. The van der Waals surface area contributed by atoms with Crippen LogP contribution in [-0.2, 0) is 11.3 Å². The van der Waals surface area contributed by atoms with Gasteiger partial charge in [0.1, 0.15) is 11.5 Å². The zero-order chi connectivity index (χ0) is 16.8. The number of rotatable bonds is 5. The van der Waals surface area contributed by atoms with Crippen molar-refractivity contribution in [3.05, 3.63) is 89.2 Å². The third-order valence-corrected chi connectivity index (χ3v) is 3.80. The Balaban J connectivity index is 1.61. The zero-order valence-electron chi connectivity index (χ0n) is 12.9. The van der Waals surface area contributed by atoms with E-state index in [-0.39, 0.29) is 5.91 Å². The highest BCUT2D eigenvalue weighted by molar-refractivity contribution is 6.33. The molecule has 1 heterocycles. The molecule has 2 aromatic carbocycles. The first-order valence-corrected chi connectivity index (χ1v) is 7.95. The molecule has 0 aliphatic rings. The van der Waals surface area contributed by atoms with E-state index < -0.39 is 0 Å². The van der Waals surface area contributed by atoms with Crippen LogP contribution in [0.5, 0.6) is 0 Å². The standard InChI is InChI=1S/C20H16ClNO2/c21-18-9-5-4-8-17(18)19-12-10-16(24-19)11-13-20(23)22-14-15-6-2-1-3-7-15/h1-13H,14H2,(H,22,23)/b13-11+. The van der Waals surface area contributed by atoms with Crippen molar-refractivity contribution in [2.24, 2.45) is 0 Å². The van der Waals surface area contributed by atoms with Crippen LogP contribution >= 0.6 is 11.6 Å². The van der Waals surface area contributed by atoms with Gasteiger partial charge in [-0.1, -0.05) is 54.1 Å². The Hall–Kier alpha value is -2.78. The molecule has 24 heavy (non-hydrogen) atoms. The maximum Gasteiger partial charge on any atom is 0.244 e. The largest absolute Gasteiger partial charge is 0.457 e. The van der Waals surface area contributed by atoms with Crippen LogP contribution < -0.4 is 5.32 Å². The quantitative estimate of drug-likeness (QED) is 0.671. The van der Waals surface area contributed by atoms with Crippen molar-refractivity contribution in [3.8, 4) is 11.3 Å². The predicted octanol–water partition coefficient (Wildman–Crippen LogP) is 4.93. The van der Waals surface area contributed by atoms with E-state index in [0.717, 1.165) is 11.1 Å². The van der Waals surface area contributed by atoms with Gasteiger partial charge in [-0.15, -0.1) is 0 Å². The molecular weight excluding hydrogens is 322 g/mol. The lowest BCUT2D eigenvalue weighted by Gasteiger charge is -2.01. The molecule has 0 aliphatic carbocycles. The van der Waals surface area contributed by atoms with Gasteiger partial charge in [-0.2, -0.15) is 0 Å². The predicted molar refractivity (Wildman–Crippen MR) is 96.5 cm³/mol. The Morgan fingerprint density at radius 3 is 2.54 bits per heavy atom. The molecule has 0 atom stereocenters. The van der Waals surface area contributed by atoms with E-state index in [2.05, 4.69) is 5.32 Å². The van der Waals surface area contributed by atoms with E-state index in [9.17, 15) is 4.79 Å². The van der Waals surface area contributed by atoms with Crippen LogP contribution in [0.3, 0.4) is 0 Å². The average molecular weight is 338 g/mol. The fourth-order valence-corrected chi connectivity index (χ4v) is 2.48. The van der Waals surface area contributed by atoms with Crippen molar-refractivity contribution in [2.45, 2.75) is 6.54 Å². The van der Waals surface area contributed by atoms with Gasteiger partial charge in [-0.25, -0.2) is 0 Å². The first-order chi connectivity index (χ1) is 11.7. The summed E-state index contributed by atoms with van der Waals surface area (Å²) >= 11 is 6.15. The Bertz CT molecular complexity index is 853. The van der Waals surface area contributed by atoms with Crippen LogP contribution in [0.2, 0.25) is 5.02 Å². The second kappa shape index (κ2) is 7.66. The summed E-state index contributed by atoms with van der Waals surface area (Å²) < 4.78 is 5.71. The molecule has 0 unspecified atom stereocenters. The van der Waals surface area contributed by atoms with Gasteiger partial charge < -0.3 is 9.73 Å². The number of hydrogen-bond acceptors (Lipinski definition) is 2. The third kappa shape index (κ3) is 4.15. The normalized spacial score (nSPS) is 10.9. The van der Waals surface area contributed by atoms with Crippen LogP contribution in [0.1, 0.15) is 11.3 Å². The minimum atomic E-state index is -0.172. The highest BCUT2D eigenvalue weighted by Gasteiger charge is 2.07. The summed E-state index contributed by atoms with van der Waals surface area (Å²) in [6.45, 7) is 0.493. The smallest absolute Gasteiger partial charge is 0.244 e. The van der Waals surface area contributed by atoms with Crippen LogP contribution in [0, 0.1) is 0 Å². The monoisotopic (exact) mass is 337 g/mol. The van der Waals surface area contributed by atoms with Crippen molar-refractivity contribution >= 4 is 23.6 Å². The Morgan fingerprint density at radius 2 is 1.75 bits per heavy atom. The molecule has 3 nitrogen and oxygen atoms in total. The molecule has 0 fully saturated rings. The number of hydrogen-bond donors (Lipinski definition) is 1. The lowest BCUT2D eigenvalue weighted by molar-refractivity contribution is -0.116. The van der Waals surface area contributed by atoms with E-state index in [1.54, 1.807) is 12.1 Å². The molecule has 0 saturated heterocycles. The summed E-state index contributed by atoms with van der Waals surface area (Å²) in [7, 11) is 0. The van der Waals surface area contributed by atoms with Gasteiger partial charge >= 0.3 is 0 Å². The number of benzene rings is 2. The second-order valence-corrected chi connectivity index (χ2v) is 5.63. The van der Waals surface area contributed by atoms with Crippen molar-refractivity contribution < 1.29 is 9.21 Å². The molecule has 0 radical (unpaired) electrons. The minimum Gasteiger partial charge on any atom is -0.457 e. The van der Waals surface area contributed by atoms with Gasteiger partial charge in [0.05, 0.1) is 5.02 Å². The molecule has 3 aromatic rings. The molecule has 1 amide bonds. The number of carbonyl (C=O) groups excluding carboxylic acids is 1. The molecule has 1 N–H and O–H groups in total. The van der Waals surface area contributed by atoms with Crippen LogP contribution in [0.15, 0.2) is 77.2 Å². The van der Waals surface area contributed by atoms with Crippen molar-refractivity contribution in [2.75, 3.05) is 0 Å². The lowest BCUT2D eigenvalue weighted by atomic mass is 10.2. The first kappa shape index (κ1) is 16.1. The molecule has 0 spiro atoms. The molecule has 0 saturated carbocycles. The topological polar surface area (TPSA) is 42.2 Å². The van der Waals surface area contributed by atoms with Crippen molar-refractivity contribution in [3.63, 3.8) is 0 Å². The fraction of sp³-hybridized carbons (Fsp3) is 0.0500. The first-order valence-electron chi connectivity index (χ1n) is 7.57. The van der Waals surface area contributed by atoms with E-state index in [0.29, 0.717) is 23.1 Å². The number of nitrogens with one attached hydrogen (secondary N) is 1. The Kier molecular flexibility index (Phi) is 5.14. The highest BCUT2D eigenvalue weighted by Crippen LogP contribution is 2.29. The summed E-state index contributed by atoms with van der Waals surface area (Å²) in [6, 6.07) is 20.9. The van der Waals surface area contributed by atoms with E-state index in [1.165, 1.54) is 6.08 Å². The van der Waals surface area contributed by atoms with E-state index in [4.69, 9.17) is 16.0 Å². The number of amides is 1. The Morgan fingerprint density at radius 1 is 1.00 bits per heavy atom. The summed E-state index contributed by atoms with van der Waals surface area (Å²) in [4.78, 5) is 11.9. The van der Waals surface area contributed by atoms with Crippen LogP contribution in [0.4, 0.5) is 0 Å². The maximum atomic E-state index is 11.9.